The second kappa shape index (κ2) is 6.08. The third kappa shape index (κ3) is 4.62. The van der Waals surface area contributed by atoms with E-state index in [9.17, 15) is 4.79 Å². The molecule has 1 aliphatic rings. The molecule has 1 aliphatic heterocycles. The summed E-state index contributed by atoms with van der Waals surface area (Å²) in [6.07, 6.45) is 2.56. The highest BCUT2D eigenvalue weighted by Gasteiger charge is 2.15. The molecule has 1 fully saturated rings. The monoisotopic (exact) mass is 213 g/mol. The number of hydrogen-bond acceptors (Lipinski definition) is 3. The molecule has 88 valence electrons. The second-order valence-corrected chi connectivity index (χ2v) is 4.60. The average Bonchev–Trinajstić information content (AvgIpc) is 2.20. The fourth-order valence-electron chi connectivity index (χ4n) is 1.78. The fraction of sp³-hybridized carbons (Fsp3) is 0.909. The van der Waals surface area contributed by atoms with Crippen molar-refractivity contribution in [2.24, 2.45) is 11.7 Å². The van der Waals surface area contributed by atoms with Crippen LogP contribution in [0.5, 0.6) is 0 Å². The van der Waals surface area contributed by atoms with Gasteiger partial charge in [0.1, 0.15) is 0 Å². The highest BCUT2D eigenvalue weighted by molar-refractivity contribution is 5.80. The Morgan fingerprint density at radius 3 is 2.67 bits per heavy atom. The van der Waals surface area contributed by atoms with Crippen LogP contribution in [0.2, 0.25) is 0 Å². The van der Waals surface area contributed by atoms with Crippen LogP contribution in [0.25, 0.3) is 0 Å². The first kappa shape index (κ1) is 12.5. The van der Waals surface area contributed by atoms with Gasteiger partial charge in [-0.3, -0.25) is 4.79 Å². The highest BCUT2D eigenvalue weighted by atomic mass is 16.2. The molecule has 0 aromatic heterocycles. The summed E-state index contributed by atoms with van der Waals surface area (Å²) in [4.78, 5) is 13.6. The van der Waals surface area contributed by atoms with Gasteiger partial charge in [-0.25, -0.2) is 0 Å². The Hall–Kier alpha value is -0.610. The van der Waals surface area contributed by atoms with Crippen molar-refractivity contribution < 1.29 is 4.79 Å². The molecule has 3 N–H and O–H groups in total. The van der Waals surface area contributed by atoms with E-state index in [-0.39, 0.29) is 5.91 Å². The summed E-state index contributed by atoms with van der Waals surface area (Å²) in [5.41, 5.74) is 5.45. The van der Waals surface area contributed by atoms with E-state index in [1.54, 1.807) is 6.92 Å². The molecule has 1 heterocycles. The Morgan fingerprint density at radius 1 is 1.53 bits per heavy atom. The molecular formula is C11H23N3O. The topological polar surface area (TPSA) is 58.4 Å². The average molecular weight is 213 g/mol. The van der Waals surface area contributed by atoms with E-state index in [4.69, 9.17) is 5.73 Å². The van der Waals surface area contributed by atoms with Crippen molar-refractivity contribution in [1.29, 1.82) is 0 Å². The largest absolute Gasteiger partial charge is 0.353 e. The van der Waals surface area contributed by atoms with Gasteiger partial charge in [0.05, 0.1) is 6.04 Å². The lowest BCUT2D eigenvalue weighted by Crippen LogP contribution is -2.43. The van der Waals surface area contributed by atoms with Crippen molar-refractivity contribution in [1.82, 2.24) is 10.2 Å². The van der Waals surface area contributed by atoms with E-state index >= 15 is 0 Å². The zero-order valence-corrected chi connectivity index (χ0v) is 9.83. The van der Waals surface area contributed by atoms with Crippen molar-refractivity contribution in [3.05, 3.63) is 0 Å². The summed E-state index contributed by atoms with van der Waals surface area (Å²) in [5, 5.41) is 2.84. The van der Waals surface area contributed by atoms with Gasteiger partial charge in [-0.15, -0.1) is 0 Å². The minimum Gasteiger partial charge on any atom is -0.353 e. The molecule has 1 saturated heterocycles. The third-order valence-corrected chi connectivity index (χ3v) is 3.02. The van der Waals surface area contributed by atoms with Crippen LogP contribution in [0.3, 0.4) is 0 Å². The smallest absolute Gasteiger partial charge is 0.236 e. The molecule has 1 amide bonds. The number of amides is 1. The molecule has 4 heteroatoms. The molecule has 4 nitrogen and oxygen atoms in total. The van der Waals surface area contributed by atoms with Gasteiger partial charge in [-0.2, -0.15) is 0 Å². The van der Waals surface area contributed by atoms with Crippen LogP contribution in [-0.4, -0.2) is 43.0 Å². The summed E-state index contributed by atoms with van der Waals surface area (Å²) < 4.78 is 0. The zero-order valence-electron chi connectivity index (χ0n) is 9.83. The summed E-state index contributed by atoms with van der Waals surface area (Å²) in [6, 6.07) is -0.397. The van der Waals surface area contributed by atoms with Crippen LogP contribution in [-0.2, 0) is 4.79 Å². The highest BCUT2D eigenvalue weighted by Crippen LogP contribution is 2.14. The number of piperidine rings is 1. The predicted octanol–water partition coefficient (Wildman–Crippen LogP) is 0.182. The molecular weight excluding hydrogens is 190 g/mol. The maximum absolute atomic E-state index is 11.2. The van der Waals surface area contributed by atoms with Crippen LogP contribution in [0.4, 0.5) is 0 Å². The molecule has 15 heavy (non-hydrogen) atoms. The number of nitrogens with two attached hydrogens (primary N) is 1. The van der Waals surface area contributed by atoms with Crippen molar-refractivity contribution in [3.63, 3.8) is 0 Å². The molecule has 0 aliphatic carbocycles. The van der Waals surface area contributed by atoms with Gasteiger partial charge in [-0.1, -0.05) is 6.92 Å². The number of hydrogen-bond donors (Lipinski definition) is 2. The lowest BCUT2D eigenvalue weighted by atomic mass is 9.99. The molecule has 0 aromatic carbocycles. The van der Waals surface area contributed by atoms with Gasteiger partial charge in [0.2, 0.25) is 5.91 Å². The van der Waals surface area contributed by atoms with Gasteiger partial charge < -0.3 is 16.0 Å². The molecule has 0 bridgehead atoms. The Morgan fingerprint density at radius 2 is 2.13 bits per heavy atom. The minimum atomic E-state index is -0.397. The van der Waals surface area contributed by atoms with E-state index in [0.717, 1.165) is 32.1 Å². The van der Waals surface area contributed by atoms with E-state index < -0.39 is 6.04 Å². The third-order valence-electron chi connectivity index (χ3n) is 3.02. The maximum atomic E-state index is 11.2. The lowest BCUT2D eigenvalue weighted by molar-refractivity contribution is -0.122. The van der Waals surface area contributed by atoms with Crippen molar-refractivity contribution in [2.45, 2.75) is 32.7 Å². The Kier molecular flexibility index (Phi) is 5.05. The number of rotatable bonds is 4. The Balaban J connectivity index is 2.08. The van der Waals surface area contributed by atoms with E-state index in [1.165, 1.54) is 12.8 Å². The van der Waals surface area contributed by atoms with Gasteiger partial charge in [0.15, 0.2) is 0 Å². The predicted molar refractivity (Wildman–Crippen MR) is 61.5 cm³/mol. The molecule has 1 atom stereocenters. The van der Waals surface area contributed by atoms with Gasteiger partial charge in [0.25, 0.3) is 0 Å². The summed E-state index contributed by atoms with van der Waals surface area (Å²) >= 11 is 0. The van der Waals surface area contributed by atoms with E-state index in [0.29, 0.717) is 0 Å². The molecule has 1 rings (SSSR count). The normalized spacial score (nSPS) is 21.3. The molecule has 0 saturated carbocycles. The van der Waals surface area contributed by atoms with Gasteiger partial charge in [-0.05, 0) is 38.8 Å². The van der Waals surface area contributed by atoms with Crippen molar-refractivity contribution in [3.8, 4) is 0 Å². The number of carbonyl (C=O) groups is 1. The molecule has 0 unspecified atom stereocenters. The first-order valence-corrected chi connectivity index (χ1v) is 5.85. The van der Waals surface area contributed by atoms with Crippen LogP contribution < -0.4 is 11.1 Å². The van der Waals surface area contributed by atoms with E-state index in [2.05, 4.69) is 17.1 Å². The zero-order chi connectivity index (χ0) is 11.3. The SMILES string of the molecule is CC1CCN(CCNC(=O)[C@@H](C)N)CC1. The minimum absolute atomic E-state index is 0.0552. The van der Waals surface area contributed by atoms with Crippen molar-refractivity contribution >= 4 is 5.91 Å². The van der Waals surface area contributed by atoms with Crippen LogP contribution in [0, 0.1) is 5.92 Å². The quantitative estimate of drug-likeness (QED) is 0.700. The van der Waals surface area contributed by atoms with Gasteiger partial charge >= 0.3 is 0 Å². The lowest BCUT2D eigenvalue weighted by Gasteiger charge is -2.30. The molecule has 0 aromatic rings. The van der Waals surface area contributed by atoms with Crippen LogP contribution in [0.15, 0.2) is 0 Å². The standard InChI is InChI=1S/C11H23N3O/c1-9-3-6-14(7-4-9)8-5-13-11(15)10(2)12/h9-10H,3-8,12H2,1-2H3,(H,13,15)/t10-/m1/s1. The summed E-state index contributed by atoms with van der Waals surface area (Å²) in [6.45, 7) is 8.00. The number of nitrogens with zero attached hydrogens (tertiary/aromatic N) is 1. The number of likely N-dealkylation sites (tertiary alicyclic amines) is 1. The Labute approximate surface area is 92.2 Å². The van der Waals surface area contributed by atoms with E-state index in [1.807, 2.05) is 0 Å². The van der Waals surface area contributed by atoms with Crippen LogP contribution in [0.1, 0.15) is 26.7 Å². The van der Waals surface area contributed by atoms with Crippen molar-refractivity contribution in [2.75, 3.05) is 26.2 Å². The van der Waals surface area contributed by atoms with Gasteiger partial charge in [0, 0.05) is 13.1 Å². The second-order valence-electron chi connectivity index (χ2n) is 4.60. The number of carbonyl (C=O) groups excluding carboxylic acids is 1. The molecule has 0 spiro atoms. The first-order chi connectivity index (χ1) is 7.09. The fourth-order valence-corrected chi connectivity index (χ4v) is 1.78. The maximum Gasteiger partial charge on any atom is 0.236 e. The molecule has 0 radical (unpaired) electrons. The number of nitrogens with one attached hydrogen (secondary N) is 1. The Bertz CT molecular complexity index is 198. The summed E-state index contributed by atoms with van der Waals surface area (Å²) in [5.74, 6) is 0.806. The summed E-state index contributed by atoms with van der Waals surface area (Å²) in [7, 11) is 0. The first-order valence-electron chi connectivity index (χ1n) is 5.85. The van der Waals surface area contributed by atoms with Crippen LogP contribution >= 0.6 is 0 Å².